The molecule has 0 aliphatic heterocycles. The number of hydrogen-bond acceptors (Lipinski definition) is 3. The van der Waals surface area contributed by atoms with Crippen LogP contribution in [0.5, 0.6) is 0 Å². The Bertz CT molecular complexity index is 740. The van der Waals surface area contributed by atoms with Crippen LogP contribution in [0.2, 0.25) is 0 Å². The molecule has 0 aliphatic carbocycles. The van der Waals surface area contributed by atoms with Crippen molar-refractivity contribution < 1.29 is 13.9 Å². The summed E-state index contributed by atoms with van der Waals surface area (Å²) in [5.74, 6) is -0.0589. The van der Waals surface area contributed by atoms with Crippen molar-refractivity contribution in [2.75, 3.05) is 0 Å². The summed E-state index contributed by atoms with van der Waals surface area (Å²) in [4.78, 5) is 1.89. The van der Waals surface area contributed by atoms with Crippen LogP contribution in [0, 0.1) is 12.7 Å². The molecule has 98 valence electrons. The predicted molar refractivity (Wildman–Crippen MR) is 73.9 cm³/mol. The van der Waals surface area contributed by atoms with Gasteiger partial charge in [-0.1, -0.05) is 12.1 Å². The Kier molecular flexibility index (Phi) is 2.73. The van der Waals surface area contributed by atoms with Gasteiger partial charge in [0.15, 0.2) is 17.0 Å². The Morgan fingerprint density at radius 1 is 1.26 bits per heavy atom. The second kappa shape index (κ2) is 4.18. The first-order valence-electron chi connectivity index (χ1n) is 5.96. The Labute approximate surface area is 114 Å². The maximum absolute atomic E-state index is 13.6. The maximum Gasteiger partial charge on any atom is 0.170 e. The minimum Gasteiger partial charge on any atom is -0.455 e. The molecule has 2 heterocycles. The van der Waals surface area contributed by atoms with Gasteiger partial charge in [-0.15, -0.1) is 11.3 Å². The number of furan rings is 1. The Morgan fingerprint density at radius 2 is 2.05 bits per heavy atom. The molecule has 0 bridgehead atoms. The van der Waals surface area contributed by atoms with E-state index in [1.165, 1.54) is 17.4 Å². The van der Waals surface area contributed by atoms with Gasteiger partial charge >= 0.3 is 0 Å². The normalized spacial score (nSPS) is 14.7. The fourth-order valence-electron chi connectivity index (χ4n) is 2.08. The highest BCUT2D eigenvalue weighted by Crippen LogP contribution is 2.37. The van der Waals surface area contributed by atoms with Crippen LogP contribution in [0.3, 0.4) is 0 Å². The number of aryl methyl sites for hydroxylation is 1. The summed E-state index contributed by atoms with van der Waals surface area (Å²) in [6.45, 7) is 3.64. The van der Waals surface area contributed by atoms with Crippen LogP contribution in [-0.4, -0.2) is 5.11 Å². The van der Waals surface area contributed by atoms with Crippen LogP contribution in [-0.2, 0) is 5.60 Å². The standard InChI is InChI=1S/C15H13FO2S/c1-9-6-7-13(19-9)15(2,17)12-8-10-4-3-5-11(16)14(10)18-12/h3-8,17H,1-2H3. The summed E-state index contributed by atoms with van der Waals surface area (Å²) in [5, 5.41) is 11.3. The molecule has 1 unspecified atom stereocenters. The van der Waals surface area contributed by atoms with E-state index in [9.17, 15) is 9.50 Å². The van der Waals surface area contributed by atoms with E-state index in [1.807, 2.05) is 19.1 Å². The van der Waals surface area contributed by atoms with Gasteiger partial charge in [0.1, 0.15) is 5.76 Å². The first kappa shape index (κ1) is 12.4. The van der Waals surface area contributed by atoms with E-state index >= 15 is 0 Å². The molecule has 0 fully saturated rings. The van der Waals surface area contributed by atoms with E-state index in [0.717, 1.165) is 9.75 Å². The van der Waals surface area contributed by atoms with Crippen molar-refractivity contribution in [3.63, 3.8) is 0 Å². The first-order chi connectivity index (χ1) is 8.98. The lowest BCUT2D eigenvalue weighted by Gasteiger charge is -2.18. The summed E-state index contributed by atoms with van der Waals surface area (Å²) < 4.78 is 19.1. The van der Waals surface area contributed by atoms with Crippen LogP contribution >= 0.6 is 11.3 Å². The summed E-state index contributed by atoms with van der Waals surface area (Å²) >= 11 is 1.50. The van der Waals surface area contributed by atoms with Crippen LogP contribution in [0.25, 0.3) is 11.0 Å². The fourth-order valence-corrected chi connectivity index (χ4v) is 3.00. The molecule has 0 radical (unpaired) electrons. The highest BCUT2D eigenvalue weighted by molar-refractivity contribution is 7.12. The molecular weight excluding hydrogens is 263 g/mol. The lowest BCUT2D eigenvalue weighted by atomic mass is 10.0. The number of hydrogen-bond donors (Lipinski definition) is 1. The quantitative estimate of drug-likeness (QED) is 0.761. The van der Waals surface area contributed by atoms with E-state index in [1.54, 1.807) is 25.1 Å². The molecule has 1 atom stereocenters. The number of rotatable bonds is 2. The largest absolute Gasteiger partial charge is 0.455 e. The SMILES string of the molecule is Cc1ccc(C(C)(O)c2cc3cccc(F)c3o2)s1. The third-order valence-corrected chi connectivity index (χ3v) is 4.41. The Balaban J connectivity index is 2.15. The molecule has 2 nitrogen and oxygen atoms in total. The van der Waals surface area contributed by atoms with Gasteiger partial charge in [0.2, 0.25) is 0 Å². The average Bonchev–Trinajstić information content (AvgIpc) is 2.96. The summed E-state index contributed by atoms with van der Waals surface area (Å²) in [6.07, 6.45) is 0. The van der Waals surface area contributed by atoms with Crippen molar-refractivity contribution in [2.45, 2.75) is 19.4 Å². The number of fused-ring (bicyclic) bond motifs is 1. The van der Waals surface area contributed by atoms with Crippen molar-refractivity contribution in [2.24, 2.45) is 0 Å². The zero-order valence-corrected chi connectivity index (χ0v) is 11.4. The number of halogens is 1. The number of thiophene rings is 1. The molecule has 0 saturated carbocycles. The first-order valence-corrected chi connectivity index (χ1v) is 6.78. The van der Waals surface area contributed by atoms with Crippen molar-refractivity contribution >= 4 is 22.3 Å². The molecule has 0 saturated heterocycles. The molecule has 4 heteroatoms. The average molecular weight is 276 g/mol. The molecule has 0 amide bonds. The van der Waals surface area contributed by atoms with Crippen LogP contribution < -0.4 is 0 Å². The van der Waals surface area contributed by atoms with E-state index in [4.69, 9.17) is 4.42 Å². The van der Waals surface area contributed by atoms with Gasteiger partial charge < -0.3 is 9.52 Å². The van der Waals surface area contributed by atoms with Crippen molar-refractivity contribution in [3.8, 4) is 0 Å². The topological polar surface area (TPSA) is 33.4 Å². The summed E-state index contributed by atoms with van der Waals surface area (Å²) in [5.41, 5.74) is -1.06. The van der Waals surface area contributed by atoms with Gasteiger partial charge in [-0.25, -0.2) is 4.39 Å². The molecule has 19 heavy (non-hydrogen) atoms. The monoisotopic (exact) mass is 276 g/mol. The third-order valence-electron chi connectivity index (χ3n) is 3.20. The van der Waals surface area contributed by atoms with Crippen LogP contribution in [0.15, 0.2) is 40.8 Å². The Morgan fingerprint density at radius 3 is 2.68 bits per heavy atom. The molecule has 1 aromatic carbocycles. The highest BCUT2D eigenvalue weighted by Gasteiger charge is 2.31. The lowest BCUT2D eigenvalue weighted by Crippen LogP contribution is -2.20. The van der Waals surface area contributed by atoms with E-state index < -0.39 is 11.4 Å². The molecule has 3 aromatic rings. The Hall–Kier alpha value is -1.65. The molecule has 0 spiro atoms. The van der Waals surface area contributed by atoms with Gasteiger partial charge in [-0.05, 0) is 38.1 Å². The van der Waals surface area contributed by atoms with Crippen molar-refractivity contribution in [1.29, 1.82) is 0 Å². The minimum absolute atomic E-state index is 0.186. The fraction of sp³-hybridized carbons (Fsp3) is 0.200. The van der Waals surface area contributed by atoms with Gasteiger partial charge in [0.25, 0.3) is 0 Å². The zero-order chi connectivity index (χ0) is 13.6. The lowest BCUT2D eigenvalue weighted by molar-refractivity contribution is 0.0822. The second-order valence-electron chi connectivity index (χ2n) is 4.75. The molecule has 2 aromatic heterocycles. The van der Waals surface area contributed by atoms with Crippen LogP contribution in [0.1, 0.15) is 22.4 Å². The minimum atomic E-state index is -1.25. The van der Waals surface area contributed by atoms with E-state index in [2.05, 4.69) is 0 Å². The van der Waals surface area contributed by atoms with Gasteiger partial charge in [0.05, 0.1) is 0 Å². The van der Waals surface area contributed by atoms with Gasteiger partial charge in [-0.2, -0.15) is 0 Å². The summed E-state index contributed by atoms with van der Waals surface area (Å²) in [7, 11) is 0. The van der Waals surface area contributed by atoms with Gasteiger partial charge in [-0.3, -0.25) is 0 Å². The summed E-state index contributed by atoms with van der Waals surface area (Å²) in [6, 6.07) is 10.2. The van der Waals surface area contributed by atoms with E-state index in [-0.39, 0.29) is 5.58 Å². The van der Waals surface area contributed by atoms with Crippen LogP contribution in [0.4, 0.5) is 4.39 Å². The number of para-hydroxylation sites is 1. The van der Waals surface area contributed by atoms with E-state index in [0.29, 0.717) is 11.1 Å². The molecule has 3 rings (SSSR count). The van der Waals surface area contributed by atoms with Gasteiger partial charge in [0, 0.05) is 15.1 Å². The van der Waals surface area contributed by atoms with Crippen molar-refractivity contribution in [3.05, 3.63) is 57.7 Å². The third kappa shape index (κ3) is 1.97. The number of aliphatic hydroxyl groups is 1. The predicted octanol–water partition coefficient (Wildman–Crippen LogP) is 4.20. The molecule has 0 aliphatic rings. The molecule has 1 N–H and O–H groups in total. The molecular formula is C15H13FO2S. The zero-order valence-electron chi connectivity index (χ0n) is 10.6. The number of benzene rings is 1. The highest BCUT2D eigenvalue weighted by atomic mass is 32.1. The second-order valence-corrected chi connectivity index (χ2v) is 6.04. The maximum atomic E-state index is 13.6. The smallest absolute Gasteiger partial charge is 0.170 e. The van der Waals surface area contributed by atoms with Crippen molar-refractivity contribution in [1.82, 2.24) is 0 Å².